The average Bonchev–Trinajstić information content (AvgIpc) is 3.31. The molecule has 1 unspecified atom stereocenters. The lowest BCUT2D eigenvalue weighted by Gasteiger charge is -2.24. The van der Waals surface area contributed by atoms with Gasteiger partial charge in [-0.25, -0.2) is 4.99 Å². The summed E-state index contributed by atoms with van der Waals surface area (Å²) in [6.45, 7) is 3.97. The maximum Gasteiger partial charge on any atom is 0.272 e. The van der Waals surface area contributed by atoms with Gasteiger partial charge in [0.2, 0.25) is 18.0 Å². The average molecular weight is 461 g/mol. The van der Waals surface area contributed by atoms with E-state index in [2.05, 4.69) is 10.6 Å². The Morgan fingerprint density at radius 3 is 2.44 bits per heavy atom. The minimum Gasteiger partial charge on any atom is -0.345 e. The number of hydrogen-bond acceptors (Lipinski definition) is 4. The third-order valence-electron chi connectivity index (χ3n) is 6.57. The highest BCUT2D eigenvalue weighted by atomic mass is 16.2. The molecule has 3 amide bonds. The number of nitrogens with one attached hydrogen (secondary N) is 2. The second-order valence-electron chi connectivity index (χ2n) is 9.00. The Bertz CT molecular complexity index is 1080. The van der Waals surface area contributed by atoms with Gasteiger partial charge in [0.25, 0.3) is 5.91 Å². The van der Waals surface area contributed by atoms with E-state index >= 15 is 0 Å². The van der Waals surface area contributed by atoms with Crippen molar-refractivity contribution in [1.82, 2.24) is 10.6 Å². The van der Waals surface area contributed by atoms with Crippen molar-refractivity contribution >= 4 is 29.1 Å². The highest BCUT2D eigenvalue weighted by Gasteiger charge is 2.33. The van der Waals surface area contributed by atoms with Crippen molar-refractivity contribution in [1.29, 1.82) is 0 Å². The van der Waals surface area contributed by atoms with Crippen molar-refractivity contribution in [2.24, 2.45) is 10.9 Å². The first-order valence-electron chi connectivity index (χ1n) is 12.1. The topological polar surface area (TPSA) is 90.9 Å². The Kier molecular flexibility index (Phi) is 7.40. The number of hydrogen-bond donors (Lipinski definition) is 2. The van der Waals surface area contributed by atoms with Crippen LogP contribution in [0.1, 0.15) is 57.1 Å². The van der Waals surface area contributed by atoms with Gasteiger partial charge in [-0.2, -0.15) is 0 Å². The van der Waals surface area contributed by atoms with Gasteiger partial charge in [0.1, 0.15) is 6.04 Å². The molecule has 7 heteroatoms. The molecule has 0 radical (unpaired) electrons. The quantitative estimate of drug-likeness (QED) is 0.663. The molecule has 0 aromatic heterocycles. The number of amides is 3. The number of aliphatic imine (C=N–C) groups is 1. The highest BCUT2D eigenvalue weighted by molar-refractivity contribution is 6.20. The molecule has 1 aliphatic heterocycles. The first kappa shape index (κ1) is 23.7. The summed E-state index contributed by atoms with van der Waals surface area (Å²) in [6.07, 6.45) is 3.80. The zero-order valence-electron chi connectivity index (χ0n) is 19.8. The summed E-state index contributed by atoms with van der Waals surface area (Å²) in [5.41, 5.74) is 3.09. The molecular weight excluding hydrogens is 428 g/mol. The number of rotatable bonds is 7. The van der Waals surface area contributed by atoms with Crippen LogP contribution in [0, 0.1) is 5.92 Å². The van der Waals surface area contributed by atoms with Gasteiger partial charge in [0, 0.05) is 24.1 Å². The number of likely N-dealkylation sites (N-methyl/N-ethyl adjacent to an activating group) is 1. The zero-order valence-corrected chi connectivity index (χ0v) is 19.8. The summed E-state index contributed by atoms with van der Waals surface area (Å²) in [5, 5.41) is 5.56. The fourth-order valence-corrected chi connectivity index (χ4v) is 4.78. The fraction of sp³-hybridized carbons (Fsp3) is 0.407. The monoisotopic (exact) mass is 460 g/mol. The molecule has 2 aromatic rings. The van der Waals surface area contributed by atoms with Crippen molar-refractivity contribution in [3.8, 4) is 0 Å². The lowest BCUT2D eigenvalue weighted by Crippen LogP contribution is -2.53. The van der Waals surface area contributed by atoms with E-state index in [4.69, 9.17) is 4.99 Å². The van der Waals surface area contributed by atoms with E-state index in [1.165, 1.54) is 0 Å². The van der Waals surface area contributed by atoms with Gasteiger partial charge < -0.3 is 15.5 Å². The minimum absolute atomic E-state index is 0.127. The lowest BCUT2D eigenvalue weighted by atomic mass is 10.0. The molecule has 2 N–H and O–H groups in total. The Labute approximate surface area is 200 Å². The molecule has 1 fully saturated rings. The number of benzene rings is 2. The van der Waals surface area contributed by atoms with Gasteiger partial charge in [0.05, 0.1) is 11.4 Å². The molecule has 0 spiro atoms. The molecule has 2 aliphatic rings. The largest absolute Gasteiger partial charge is 0.345 e. The number of para-hydroxylation sites is 1. The first-order chi connectivity index (χ1) is 16.5. The smallest absolute Gasteiger partial charge is 0.272 e. The lowest BCUT2D eigenvalue weighted by molar-refractivity contribution is -0.131. The van der Waals surface area contributed by atoms with Gasteiger partial charge in [-0.05, 0) is 38.7 Å². The molecule has 1 saturated carbocycles. The van der Waals surface area contributed by atoms with Crippen molar-refractivity contribution in [2.45, 2.75) is 58.2 Å². The van der Waals surface area contributed by atoms with E-state index in [-0.39, 0.29) is 11.8 Å². The van der Waals surface area contributed by atoms with Gasteiger partial charge in [-0.15, -0.1) is 0 Å². The first-order valence-corrected chi connectivity index (χ1v) is 12.1. The molecule has 34 heavy (non-hydrogen) atoms. The summed E-state index contributed by atoms with van der Waals surface area (Å²) in [6, 6.07) is 16.5. The highest BCUT2D eigenvalue weighted by Crippen LogP contribution is 2.28. The van der Waals surface area contributed by atoms with Crippen LogP contribution in [0.4, 0.5) is 5.69 Å². The molecule has 1 aliphatic carbocycles. The van der Waals surface area contributed by atoms with E-state index in [1.54, 1.807) is 11.8 Å². The van der Waals surface area contributed by atoms with Crippen molar-refractivity contribution in [3.63, 3.8) is 0 Å². The SMILES string of the molecule is CCN1C(=O)C(NC(=O)[C@H](C)NC(=O)CC2CCCC2)N=C(c2ccccc2)c2ccccc21. The Morgan fingerprint density at radius 1 is 1.06 bits per heavy atom. The van der Waals surface area contributed by atoms with Crippen LogP contribution in [-0.2, 0) is 14.4 Å². The molecule has 2 aromatic carbocycles. The van der Waals surface area contributed by atoms with Gasteiger partial charge in [-0.3, -0.25) is 14.4 Å². The third-order valence-corrected chi connectivity index (χ3v) is 6.57. The molecule has 2 atom stereocenters. The second-order valence-corrected chi connectivity index (χ2v) is 9.00. The predicted molar refractivity (Wildman–Crippen MR) is 133 cm³/mol. The maximum absolute atomic E-state index is 13.4. The van der Waals surface area contributed by atoms with E-state index in [9.17, 15) is 14.4 Å². The molecule has 178 valence electrons. The summed E-state index contributed by atoms with van der Waals surface area (Å²) in [7, 11) is 0. The van der Waals surface area contributed by atoms with E-state index in [0.29, 0.717) is 24.6 Å². The van der Waals surface area contributed by atoms with Crippen LogP contribution in [0.2, 0.25) is 0 Å². The van der Waals surface area contributed by atoms with Crippen LogP contribution in [-0.4, -0.2) is 42.2 Å². The maximum atomic E-state index is 13.4. The standard InChI is InChI=1S/C27H32N4O3/c1-3-31-22-16-10-9-15-21(22)24(20-13-5-4-6-14-20)29-25(27(31)34)30-26(33)18(2)28-23(32)17-19-11-7-8-12-19/h4-6,9-10,13-16,18-19,25H,3,7-8,11-12,17H2,1-2H3,(H,28,32)(H,30,33)/t18-,25?/m0/s1. The number of anilines is 1. The Balaban J connectivity index is 1.57. The minimum atomic E-state index is -1.09. The molecular formula is C27H32N4O3. The molecule has 1 heterocycles. The van der Waals surface area contributed by atoms with Gasteiger partial charge in [-0.1, -0.05) is 61.4 Å². The fourth-order valence-electron chi connectivity index (χ4n) is 4.78. The van der Waals surface area contributed by atoms with Crippen LogP contribution >= 0.6 is 0 Å². The number of benzodiazepines with no additional fused rings is 1. The zero-order chi connectivity index (χ0) is 24.1. The van der Waals surface area contributed by atoms with E-state index < -0.39 is 18.1 Å². The predicted octanol–water partition coefficient (Wildman–Crippen LogP) is 3.42. The molecule has 7 nitrogen and oxygen atoms in total. The molecule has 0 bridgehead atoms. The van der Waals surface area contributed by atoms with Crippen LogP contribution in [0.3, 0.4) is 0 Å². The van der Waals surface area contributed by atoms with Crippen molar-refractivity contribution < 1.29 is 14.4 Å². The summed E-state index contributed by atoms with van der Waals surface area (Å²) in [5.74, 6) is -0.471. The normalized spacial score (nSPS) is 19.1. The summed E-state index contributed by atoms with van der Waals surface area (Å²) in [4.78, 5) is 45.2. The number of carbonyl (C=O) groups excluding carboxylic acids is 3. The van der Waals surface area contributed by atoms with Crippen LogP contribution in [0.15, 0.2) is 59.6 Å². The number of fused-ring (bicyclic) bond motifs is 1. The van der Waals surface area contributed by atoms with E-state index in [1.807, 2.05) is 61.5 Å². The molecule has 4 rings (SSSR count). The summed E-state index contributed by atoms with van der Waals surface area (Å²) < 4.78 is 0. The van der Waals surface area contributed by atoms with Crippen LogP contribution in [0.25, 0.3) is 0 Å². The Hall–Kier alpha value is -3.48. The second kappa shape index (κ2) is 10.6. The van der Waals surface area contributed by atoms with Crippen LogP contribution < -0.4 is 15.5 Å². The van der Waals surface area contributed by atoms with Crippen LogP contribution in [0.5, 0.6) is 0 Å². The van der Waals surface area contributed by atoms with E-state index in [0.717, 1.165) is 42.5 Å². The Morgan fingerprint density at radius 2 is 1.74 bits per heavy atom. The van der Waals surface area contributed by atoms with Gasteiger partial charge in [0.15, 0.2) is 0 Å². The third kappa shape index (κ3) is 5.19. The van der Waals surface area contributed by atoms with Gasteiger partial charge >= 0.3 is 0 Å². The van der Waals surface area contributed by atoms with Crippen molar-refractivity contribution in [3.05, 3.63) is 65.7 Å². The number of carbonyl (C=O) groups is 3. The van der Waals surface area contributed by atoms with Crippen molar-refractivity contribution in [2.75, 3.05) is 11.4 Å². The summed E-state index contributed by atoms with van der Waals surface area (Å²) >= 11 is 0. The molecule has 0 saturated heterocycles. The number of nitrogens with zero attached hydrogens (tertiary/aromatic N) is 2.